The predicted molar refractivity (Wildman–Crippen MR) is 104 cm³/mol. The number of halogens is 1. The van der Waals surface area contributed by atoms with E-state index in [1.165, 1.54) is 77.0 Å². The van der Waals surface area contributed by atoms with E-state index in [1.807, 2.05) is 6.92 Å². The molecule has 0 radical (unpaired) electrons. The fourth-order valence-corrected chi connectivity index (χ4v) is 4.44. The highest BCUT2D eigenvalue weighted by Gasteiger charge is 2.17. The van der Waals surface area contributed by atoms with Crippen LogP contribution in [-0.2, 0) is 13.6 Å². The highest BCUT2D eigenvalue weighted by Crippen LogP contribution is 2.55. The molecule has 0 aromatic heterocycles. The van der Waals surface area contributed by atoms with E-state index in [-0.39, 0.29) is 0 Å². The molecular weight excluding hydrogens is 375 g/mol. The van der Waals surface area contributed by atoms with Crippen LogP contribution in [0.15, 0.2) is 0 Å². The zero-order chi connectivity index (χ0) is 17.2. The minimum atomic E-state index is -2.97. The fraction of sp³-hybridized carbons (Fsp3) is 1.00. The first-order valence-electron chi connectivity index (χ1n) is 9.71. The van der Waals surface area contributed by atoms with Crippen LogP contribution in [0.4, 0.5) is 0 Å². The standard InChI is InChI=1S/C18H38BrO3P/c1-3-5-6-7-8-9-10-11-12-13-14-15-16-17-18-22-23(19,20)21-4-2/h3-18H2,1-2H3. The van der Waals surface area contributed by atoms with E-state index in [0.717, 1.165) is 12.8 Å². The summed E-state index contributed by atoms with van der Waals surface area (Å²) >= 11 is 2.99. The molecule has 1 unspecified atom stereocenters. The zero-order valence-electron chi connectivity index (χ0n) is 15.4. The van der Waals surface area contributed by atoms with E-state index >= 15 is 0 Å². The molecule has 5 heteroatoms. The van der Waals surface area contributed by atoms with Crippen LogP contribution in [0.1, 0.15) is 104 Å². The molecule has 0 heterocycles. The van der Waals surface area contributed by atoms with Crippen molar-refractivity contribution in [3.63, 3.8) is 0 Å². The molecule has 23 heavy (non-hydrogen) atoms. The Morgan fingerprint density at radius 3 is 1.43 bits per heavy atom. The van der Waals surface area contributed by atoms with Gasteiger partial charge < -0.3 is 9.05 Å². The Balaban J connectivity index is 3.12. The highest BCUT2D eigenvalue weighted by atomic mass is 79.9. The zero-order valence-corrected chi connectivity index (χ0v) is 17.8. The van der Waals surface area contributed by atoms with E-state index in [0.29, 0.717) is 13.2 Å². The molecule has 0 N–H and O–H groups in total. The van der Waals surface area contributed by atoms with Gasteiger partial charge in [-0.1, -0.05) is 90.4 Å². The van der Waals surface area contributed by atoms with Gasteiger partial charge in [0.05, 0.1) is 13.2 Å². The van der Waals surface area contributed by atoms with Gasteiger partial charge in [-0.05, 0) is 13.3 Å². The second kappa shape index (κ2) is 17.5. The monoisotopic (exact) mass is 412 g/mol. The third-order valence-corrected chi connectivity index (χ3v) is 6.31. The summed E-state index contributed by atoms with van der Waals surface area (Å²) in [5.74, 6) is 0. The average Bonchev–Trinajstić information content (AvgIpc) is 2.51. The molecule has 0 aliphatic carbocycles. The first-order valence-corrected chi connectivity index (χ1v) is 13.3. The van der Waals surface area contributed by atoms with Crippen molar-refractivity contribution >= 4 is 21.8 Å². The van der Waals surface area contributed by atoms with Gasteiger partial charge in [0.1, 0.15) is 0 Å². The van der Waals surface area contributed by atoms with Gasteiger partial charge in [0.15, 0.2) is 0 Å². The third kappa shape index (κ3) is 18.8. The van der Waals surface area contributed by atoms with E-state index < -0.39 is 6.30 Å². The van der Waals surface area contributed by atoms with Crippen LogP contribution < -0.4 is 0 Å². The quantitative estimate of drug-likeness (QED) is 0.169. The predicted octanol–water partition coefficient (Wildman–Crippen LogP) is 8.02. The van der Waals surface area contributed by atoms with E-state index in [2.05, 4.69) is 22.4 Å². The molecule has 3 nitrogen and oxygen atoms in total. The summed E-state index contributed by atoms with van der Waals surface area (Å²) in [4.78, 5) is 0. The van der Waals surface area contributed by atoms with Crippen molar-refractivity contribution in [1.82, 2.24) is 0 Å². The lowest BCUT2D eigenvalue weighted by Gasteiger charge is -2.10. The van der Waals surface area contributed by atoms with Crippen molar-refractivity contribution in [2.75, 3.05) is 13.2 Å². The molecule has 0 aliphatic heterocycles. The summed E-state index contributed by atoms with van der Waals surface area (Å²) < 4.78 is 21.8. The van der Waals surface area contributed by atoms with Gasteiger partial charge in [0, 0.05) is 15.5 Å². The molecule has 0 fully saturated rings. The topological polar surface area (TPSA) is 35.5 Å². The van der Waals surface area contributed by atoms with Gasteiger partial charge in [-0.3, -0.25) is 0 Å². The van der Waals surface area contributed by atoms with E-state index in [9.17, 15) is 4.57 Å². The maximum atomic E-state index is 11.6. The molecule has 0 spiro atoms. The minimum absolute atomic E-state index is 0.404. The van der Waals surface area contributed by atoms with Crippen molar-refractivity contribution in [2.24, 2.45) is 0 Å². The number of rotatable bonds is 18. The van der Waals surface area contributed by atoms with Crippen LogP contribution in [0.5, 0.6) is 0 Å². The van der Waals surface area contributed by atoms with Crippen molar-refractivity contribution < 1.29 is 13.6 Å². The molecular formula is C18H38BrO3P. The smallest absolute Gasteiger partial charge is 0.301 e. The molecule has 0 saturated heterocycles. The Labute approximate surface area is 152 Å². The molecule has 140 valence electrons. The van der Waals surface area contributed by atoms with Crippen molar-refractivity contribution in [3.8, 4) is 0 Å². The van der Waals surface area contributed by atoms with Crippen LogP contribution in [0, 0.1) is 0 Å². The first kappa shape index (κ1) is 23.6. The van der Waals surface area contributed by atoms with E-state index in [1.54, 1.807) is 0 Å². The van der Waals surface area contributed by atoms with Gasteiger partial charge in [-0.2, -0.15) is 0 Å². The first-order chi connectivity index (χ1) is 11.1. The Hall–Kier alpha value is 0.630. The molecule has 0 saturated carbocycles. The second-order valence-corrected chi connectivity index (χ2v) is 10.3. The van der Waals surface area contributed by atoms with Crippen LogP contribution in [0.3, 0.4) is 0 Å². The Morgan fingerprint density at radius 2 is 1.04 bits per heavy atom. The summed E-state index contributed by atoms with van der Waals surface area (Å²) in [7, 11) is 0. The molecule has 0 bridgehead atoms. The summed E-state index contributed by atoms with van der Waals surface area (Å²) in [6.45, 7) is 5.00. The van der Waals surface area contributed by atoms with Crippen LogP contribution in [0.25, 0.3) is 0 Å². The highest BCUT2D eigenvalue weighted by molar-refractivity contribution is 9.39. The minimum Gasteiger partial charge on any atom is -0.301 e. The van der Waals surface area contributed by atoms with Gasteiger partial charge in [-0.25, -0.2) is 4.57 Å². The lowest BCUT2D eigenvalue weighted by molar-refractivity contribution is 0.225. The van der Waals surface area contributed by atoms with Crippen LogP contribution in [0.2, 0.25) is 0 Å². The number of hydrogen-bond donors (Lipinski definition) is 0. The molecule has 0 rings (SSSR count). The Kier molecular flexibility index (Phi) is 17.9. The SMILES string of the molecule is CCCCCCCCCCCCCCCCOP(=O)(Br)OCC. The van der Waals surface area contributed by atoms with Gasteiger partial charge in [-0.15, -0.1) is 0 Å². The lowest BCUT2D eigenvalue weighted by atomic mass is 10.0. The average molecular weight is 413 g/mol. The van der Waals surface area contributed by atoms with Gasteiger partial charge in [0.2, 0.25) is 0 Å². The van der Waals surface area contributed by atoms with Crippen molar-refractivity contribution in [2.45, 2.75) is 104 Å². The maximum Gasteiger partial charge on any atom is 0.396 e. The molecule has 0 aromatic carbocycles. The van der Waals surface area contributed by atoms with Gasteiger partial charge in [0.25, 0.3) is 0 Å². The van der Waals surface area contributed by atoms with Crippen molar-refractivity contribution in [1.29, 1.82) is 0 Å². The van der Waals surface area contributed by atoms with Crippen molar-refractivity contribution in [3.05, 3.63) is 0 Å². The van der Waals surface area contributed by atoms with Crippen LogP contribution >= 0.6 is 21.8 Å². The molecule has 1 atom stereocenters. The summed E-state index contributed by atoms with van der Waals surface area (Å²) in [6, 6.07) is 0. The summed E-state index contributed by atoms with van der Waals surface area (Å²) in [6.07, 6.45) is 15.7. The largest absolute Gasteiger partial charge is 0.396 e. The Bertz CT molecular complexity index is 287. The molecule has 0 aromatic rings. The second-order valence-electron chi connectivity index (χ2n) is 6.28. The number of unbranched alkanes of at least 4 members (excludes halogenated alkanes) is 13. The Morgan fingerprint density at radius 1 is 0.652 bits per heavy atom. The molecule has 0 amide bonds. The summed E-state index contributed by atoms with van der Waals surface area (Å²) in [5.41, 5.74) is 0. The maximum absolute atomic E-state index is 11.6. The van der Waals surface area contributed by atoms with E-state index in [4.69, 9.17) is 9.05 Å². The van der Waals surface area contributed by atoms with Gasteiger partial charge >= 0.3 is 6.30 Å². The lowest BCUT2D eigenvalue weighted by Crippen LogP contribution is -1.93. The molecule has 0 aliphatic rings. The van der Waals surface area contributed by atoms with Crippen LogP contribution in [-0.4, -0.2) is 13.2 Å². The number of hydrogen-bond acceptors (Lipinski definition) is 3. The third-order valence-electron chi connectivity index (χ3n) is 4.03. The fourth-order valence-electron chi connectivity index (χ4n) is 2.66. The summed E-state index contributed by atoms with van der Waals surface area (Å²) in [5, 5.41) is 0. The normalized spacial score (nSPS) is 14.0.